The van der Waals surface area contributed by atoms with Crippen LogP contribution in [0.1, 0.15) is 33.6 Å². The van der Waals surface area contributed by atoms with Gasteiger partial charge in [-0.15, -0.1) is 0 Å². The van der Waals surface area contributed by atoms with Crippen molar-refractivity contribution >= 4 is 5.97 Å². The number of hydrogen-bond donors (Lipinski definition) is 1. The summed E-state index contributed by atoms with van der Waals surface area (Å²) in [6.07, 6.45) is -0.359. The van der Waals surface area contributed by atoms with Crippen LogP contribution in [0, 0.1) is 5.41 Å². The third kappa shape index (κ3) is 8.13. The van der Waals surface area contributed by atoms with E-state index in [1.807, 2.05) is 20.8 Å². The molecule has 66 valence electrons. The molecule has 0 heterocycles. The maximum Gasteiger partial charge on any atom is 1.00 e. The van der Waals surface area contributed by atoms with E-state index >= 15 is 0 Å². The topological polar surface area (TPSA) is 60.4 Å². The molecule has 0 aromatic heterocycles. The minimum atomic E-state index is -1.38. The number of carbonyl (C=O) groups is 1. The van der Waals surface area contributed by atoms with Crippen LogP contribution in [-0.4, -0.2) is 17.2 Å². The molecule has 1 atom stereocenters. The second kappa shape index (κ2) is 5.64. The van der Waals surface area contributed by atoms with Crippen molar-refractivity contribution in [3.8, 4) is 0 Å². The van der Waals surface area contributed by atoms with Gasteiger partial charge in [0, 0.05) is 0 Å². The van der Waals surface area contributed by atoms with Crippen LogP contribution in [0.3, 0.4) is 0 Å². The first kappa shape index (κ1) is 14.5. The zero-order valence-corrected chi connectivity index (χ0v) is 8.26. The van der Waals surface area contributed by atoms with Gasteiger partial charge in [0.15, 0.2) is 0 Å². The number of aliphatic hydroxyl groups excluding tert-OH is 1. The van der Waals surface area contributed by atoms with Gasteiger partial charge in [-0.1, -0.05) is 20.8 Å². The molecule has 0 radical (unpaired) electrons. The van der Waals surface area contributed by atoms with E-state index in [1.54, 1.807) is 0 Å². The number of carbonyl (C=O) groups excluding carboxylic acids is 1. The smallest absolute Gasteiger partial charge is 0.547 e. The predicted molar refractivity (Wildman–Crippen MR) is 39.7 cm³/mol. The van der Waals surface area contributed by atoms with E-state index in [9.17, 15) is 9.90 Å². The predicted octanol–water partition coefficient (Wildman–Crippen LogP) is -3.07. The van der Waals surface area contributed by atoms with Gasteiger partial charge in [0.25, 0.3) is 0 Å². The van der Waals surface area contributed by atoms with E-state index in [4.69, 9.17) is 5.11 Å². The van der Waals surface area contributed by atoms with E-state index in [-0.39, 0.29) is 30.7 Å². The first-order valence-corrected chi connectivity index (χ1v) is 3.72. The van der Waals surface area contributed by atoms with Crippen molar-refractivity contribution in [1.82, 2.24) is 0 Å². The second-order valence-corrected chi connectivity index (χ2v) is 3.93. The molecule has 0 aromatic rings. The van der Waals surface area contributed by atoms with Crippen molar-refractivity contribution in [3.63, 3.8) is 0 Å². The Kier molecular flexibility index (Phi) is 6.83. The van der Waals surface area contributed by atoms with Gasteiger partial charge in [-0.25, -0.2) is 0 Å². The summed E-state index contributed by atoms with van der Waals surface area (Å²) >= 11 is 0. The minimum absolute atomic E-state index is 0. The normalized spacial score (nSPS) is 13.3. The van der Waals surface area contributed by atoms with Crippen LogP contribution < -0.4 is 24.0 Å². The Bertz CT molecular complexity index is 140. The fraction of sp³-hybridized carbons (Fsp3) is 0.875. The number of carboxylic acid groups (broad SMARTS) is 1. The van der Waals surface area contributed by atoms with Crippen molar-refractivity contribution < 1.29 is 33.9 Å². The summed E-state index contributed by atoms with van der Waals surface area (Å²) in [5.74, 6) is -1.38. The maximum absolute atomic E-state index is 10.1. The Balaban J connectivity index is 0. The second-order valence-electron chi connectivity index (χ2n) is 3.93. The minimum Gasteiger partial charge on any atom is -0.547 e. The molecular weight excluding hydrogens is 151 g/mol. The van der Waals surface area contributed by atoms with Crippen molar-refractivity contribution in [1.29, 1.82) is 0 Å². The van der Waals surface area contributed by atoms with Crippen molar-refractivity contribution in [3.05, 3.63) is 0 Å². The van der Waals surface area contributed by atoms with Gasteiger partial charge >= 0.3 is 18.9 Å². The van der Waals surface area contributed by atoms with Gasteiger partial charge < -0.3 is 15.0 Å². The molecule has 0 saturated carbocycles. The Morgan fingerprint density at radius 2 is 1.92 bits per heavy atom. The summed E-state index contributed by atoms with van der Waals surface area (Å²) in [4.78, 5) is 10.1. The zero-order valence-electron chi connectivity index (χ0n) is 8.26. The molecule has 0 aliphatic rings. The Hall–Kier alpha value is 0.0274. The Labute approximate surface area is 85.3 Å². The van der Waals surface area contributed by atoms with Crippen LogP contribution >= 0.6 is 0 Å². The van der Waals surface area contributed by atoms with Gasteiger partial charge in [0.2, 0.25) is 0 Å². The van der Waals surface area contributed by atoms with Gasteiger partial charge in [-0.2, -0.15) is 0 Å². The molecule has 0 spiro atoms. The van der Waals surface area contributed by atoms with E-state index in [0.29, 0.717) is 6.42 Å². The quantitative estimate of drug-likeness (QED) is 0.452. The summed E-state index contributed by atoms with van der Waals surface area (Å²) in [6.45, 7) is 5.99. The van der Waals surface area contributed by atoms with Crippen LogP contribution in [-0.2, 0) is 4.79 Å². The molecule has 1 N–H and O–H groups in total. The molecule has 1 unspecified atom stereocenters. The standard InChI is InChI=1S/C8H16O3.Li/c1-8(2,3)5-4-6(9)7(10)11;/h6,9H,4-5H2,1-3H3,(H,10,11);/q;+1/p-1. The summed E-state index contributed by atoms with van der Waals surface area (Å²) in [5.41, 5.74) is 0.0659. The molecule has 0 aromatic carbocycles. The van der Waals surface area contributed by atoms with Gasteiger partial charge in [0.1, 0.15) is 0 Å². The van der Waals surface area contributed by atoms with Crippen LogP contribution in [0.25, 0.3) is 0 Å². The van der Waals surface area contributed by atoms with Crippen molar-refractivity contribution in [2.24, 2.45) is 5.41 Å². The van der Waals surface area contributed by atoms with Crippen LogP contribution in [0.4, 0.5) is 0 Å². The molecule has 0 amide bonds. The first-order chi connectivity index (χ1) is 4.83. The molecule has 0 fully saturated rings. The van der Waals surface area contributed by atoms with Gasteiger partial charge in [-0.05, 0) is 18.3 Å². The SMILES string of the molecule is CC(C)(C)CCC(O)C(=O)[O-].[Li+]. The fourth-order valence-electron chi connectivity index (χ4n) is 0.688. The van der Waals surface area contributed by atoms with E-state index < -0.39 is 12.1 Å². The van der Waals surface area contributed by atoms with Crippen LogP contribution in [0.2, 0.25) is 0 Å². The third-order valence-corrected chi connectivity index (χ3v) is 1.44. The number of carboxylic acids is 1. The molecule has 0 bridgehead atoms. The zero-order chi connectivity index (χ0) is 9.07. The Morgan fingerprint density at radius 1 is 1.50 bits per heavy atom. The average Bonchev–Trinajstić information content (AvgIpc) is 1.80. The van der Waals surface area contributed by atoms with Gasteiger partial charge in [0.05, 0.1) is 12.1 Å². The summed E-state index contributed by atoms with van der Waals surface area (Å²) in [5, 5.41) is 18.9. The summed E-state index contributed by atoms with van der Waals surface area (Å²) < 4.78 is 0. The third-order valence-electron chi connectivity index (χ3n) is 1.44. The molecule has 4 heteroatoms. The van der Waals surface area contributed by atoms with Crippen LogP contribution in [0.5, 0.6) is 0 Å². The fourth-order valence-corrected chi connectivity index (χ4v) is 0.688. The molecule has 0 saturated heterocycles. The van der Waals surface area contributed by atoms with Crippen molar-refractivity contribution in [2.75, 3.05) is 0 Å². The molecule has 0 aliphatic heterocycles. The number of aliphatic carboxylic acids is 1. The summed E-state index contributed by atoms with van der Waals surface area (Å²) in [6, 6.07) is 0. The molecule has 12 heavy (non-hydrogen) atoms. The van der Waals surface area contributed by atoms with E-state index in [1.165, 1.54) is 0 Å². The monoisotopic (exact) mass is 166 g/mol. The number of rotatable bonds is 3. The van der Waals surface area contributed by atoms with Crippen LogP contribution in [0.15, 0.2) is 0 Å². The summed E-state index contributed by atoms with van der Waals surface area (Å²) in [7, 11) is 0. The number of aliphatic hydroxyl groups is 1. The molecular formula is C8H15LiO3. The average molecular weight is 166 g/mol. The van der Waals surface area contributed by atoms with E-state index in [0.717, 1.165) is 0 Å². The van der Waals surface area contributed by atoms with E-state index in [2.05, 4.69) is 0 Å². The number of hydrogen-bond acceptors (Lipinski definition) is 3. The largest absolute Gasteiger partial charge is 1.00 e. The van der Waals surface area contributed by atoms with Gasteiger partial charge in [-0.3, -0.25) is 0 Å². The molecule has 3 nitrogen and oxygen atoms in total. The van der Waals surface area contributed by atoms with Crippen molar-refractivity contribution in [2.45, 2.75) is 39.7 Å². The first-order valence-electron chi connectivity index (χ1n) is 3.72. The maximum atomic E-state index is 10.1. The Morgan fingerprint density at radius 3 is 2.17 bits per heavy atom. The molecule has 0 rings (SSSR count). The molecule has 0 aliphatic carbocycles.